The fraction of sp³-hybridized carbons (Fsp3) is 0.100. The van der Waals surface area contributed by atoms with E-state index in [-0.39, 0.29) is 0 Å². The van der Waals surface area contributed by atoms with Crippen LogP contribution in [0.15, 0.2) is 48.8 Å². The van der Waals surface area contributed by atoms with Crippen molar-refractivity contribution in [2.75, 3.05) is 0 Å². The minimum atomic E-state index is 0.794. The summed E-state index contributed by atoms with van der Waals surface area (Å²) in [6, 6.07) is 12.6. The Labute approximate surface area is 149 Å². The van der Waals surface area contributed by atoms with Gasteiger partial charge in [-0.1, -0.05) is 6.07 Å². The number of hydrogen-bond acceptors (Lipinski definition) is 3. The zero-order chi connectivity index (χ0) is 17.7. The Hall–Kier alpha value is -3.54. The monoisotopic (exact) mass is 341 g/mol. The molecule has 5 aromatic rings. The van der Waals surface area contributed by atoms with Crippen molar-refractivity contribution in [3.63, 3.8) is 0 Å². The molecule has 6 heteroatoms. The molecule has 0 saturated carbocycles. The largest absolute Gasteiger partial charge is 0.342 e. The van der Waals surface area contributed by atoms with E-state index < -0.39 is 0 Å². The lowest BCUT2D eigenvalue weighted by Gasteiger charge is -2.00. The Balaban J connectivity index is 1.59. The Bertz CT molecular complexity index is 1250. The Kier molecular flexibility index (Phi) is 3.12. The first-order valence-corrected chi connectivity index (χ1v) is 8.46. The minimum Gasteiger partial charge on any atom is -0.342 e. The lowest BCUT2D eigenvalue weighted by molar-refractivity contribution is -0.330. The Morgan fingerprint density at radius 2 is 1.65 bits per heavy atom. The van der Waals surface area contributed by atoms with Gasteiger partial charge in [0.25, 0.3) is 0 Å². The number of benzene rings is 2. The number of nitrogens with one attached hydrogen (secondary N) is 3. The van der Waals surface area contributed by atoms with E-state index in [0.29, 0.717) is 0 Å². The first kappa shape index (κ1) is 14.8. The molecule has 0 spiro atoms. The molecule has 0 amide bonds. The normalized spacial score (nSPS) is 11.5. The third kappa shape index (κ3) is 2.43. The van der Waals surface area contributed by atoms with Gasteiger partial charge in [-0.05, 0) is 55.3 Å². The van der Waals surface area contributed by atoms with Crippen LogP contribution in [0.3, 0.4) is 0 Å². The Morgan fingerprint density at radius 3 is 2.46 bits per heavy atom. The van der Waals surface area contributed by atoms with E-state index in [1.807, 2.05) is 19.9 Å². The molecule has 0 radical (unpaired) electrons. The summed E-state index contributed by atoms with van der Waals surface area (Å²) < 4.78 is 0. The number of aromatic amines is 3. The molecule has 0 atom stereocenters. The van der Waals surface area contributed by atoms with Gasteiger partial charge in [0, 0.05) is 6.20 Å². The molecule has 3 N–H and O–H groups in total. The lowest BCUT2D eigenvalue weighted by atomic mass is 10.0. The highest BCUT2D eigenvalue weighted by atomic mass is 15.0. The number of hydrogen-bond donors (Lipinski definition) is 2. The maximum atomic E-state index is 4.46. The van der Waals surface area contributed by atoms with Gasteiger partial charge in [-0.15, -0.1) is 0 Å². The minimum absolute atomic E-state index is 0.794. The number of H-pyrrole nitrogens is 3. The van der Waals surface area contributed by atoms with Crippen LogP contribution in [0.2, 0.25) is 0 Å². The molecule has 3 aromatic heterocycles. The first-order chi connectivity index (χ1) is 12.7. The van der Waals surface area contributed by atoms with Crippen LogP contribution in [-0.2, 0) is 0 Å². The third-order valence-corrected chi connectivity index (χ3v) is 4.51. The van der Waals surface area contributed by atoms with Crippen molar-refractivity contribution in [2.24, 2.45) is 0 Å². The van der Waals surface area contributed by atoms with E-state index in [9.17, 15) is 0 Å². The fourth-order valence-corrected chi connectivity index (χ4v) is 3.20. The van der Waals surface area contributed by atoms with Gasteiger partial charge in [-0.25, -0.2) is 19.9 Å². The van der Waals surface area contributed by atoms with E-state index in [1.54, 1.807) is 12.4 Å². The molecule has 26 heavy (non-hydrogen) atoms. The van der Waals surface area contributed by atoms with Crippen LogP contribution in [0.25, 0.3) is 44.7 Å². The highest BCUT2D eigenvalue weighted by Crippen LogP contribution is 2.26. The summed E-state index contributed by atoms with van der Waals surface area (Å²) in [6.45, 7) is 3.89. The smallest absolute Gasteiger partial charge is 0.305 e. The second-order valence-electron chi connectivity index (χ2n) is 6.48. The van der Waals surface area contributed by atoms with Crippen molar-refractivity contribution >= 4 is 22.1 Å². The van der Waals surface area contributed by atoms with Crippen LogP contribution >= 0.6 is 0 Å². The molecule has 5 rings (SSSR count). The topological polar surface area (TPSA) is 84.4 Å². The highest BCUT2D eigenvalue weighted by molar-refractivity contribution is 5.85. The molecular formula is C20H17N6+. The van der Waals surface area contributed by atoms with Gasteiger partial charge in [-0.2, -0.15) is 0 Å². The van der Waals surface area contributed by atoms with Crippen LogP contribution in [0.4, 0.5) is 0 Å². The van der Waals surface area contributed by atoms with Gasteiger partial charge in [-0.3, -0.25) is 4.98 Å². The van der Waals surface area contributed by atoms with Gasteiger partial charge in [0.15, 0.2) is 16.7 Å². The summed E-state index contributed by atoms with van der Waals surface area (Å²) in [7, 11) is 0. The van der Waals surface area contributed by atoms with Crippen molar-refractivity contribution in [3.8, 4) is 22.6 Å². The van der Waals surface area contributed by atoms with Crippen LogP contribution in [0, 0.1) is 13.8 Å². The van der Waals surface area contributed by atoms with E-state index >= 15 is 0 Å². The molecule has 0 aliphatic carbocycles. The molecule has 0 aliphatic heterocycles. The molecule has 0 fully saturated rings. The molecule has 6 nitrogen and oxygen atoms in total. The number of fused-ring (bicyclic) bond motifs is 2. The molecule has 3 heterocycles. The maximum absolute atomic E-state index is 4.46. The van der Waals surface area contributed by atoms with E-state index in [1.165, 1.54) is 0 Å². The fourth-order valence-electron chi connectivity index (χ4n) is 3.20. The second kappa shape index (κ2) is 5.49. The number of rotatable bonds is 2. The van der Waals surface area contributed by atoms with Crippen LogP contribution in [-0.4, -0.2) is 24.9 Å². The highest BCUT2D eigenvalue weighted by Gasteiger charge is 2.15. The molecule has 0 saturated heterocycles. The SMILES string of the molecule is Cc1cnc(-c2[nH]c3cc(-c4ccc5nc(C)[nH]c5c4)ccc3[nH+]2)cn1. The van der Waals surface area contributed by atoms with Crippen LogP contribution in [0.5, 0.6) is 0 Å². The molecular weight excluding hydrogens is 324 g/mol. The summed E-state index contributed by atoms with van der Waals surface area (Å²) in [5, 5.41) is 0. The van der Waals surface area contributed by atoms with Crippen molar-refractivity contribution in [1.29, 1.82) is 0 Å². The summed E-state index contributed by atoms with van der Waals surface area (Å²) >= 11 is 0. The predicted molar refractivity (Wildman–Crippen MR) is 100 cm³/mol. The van der Waals surface area contributed by atoms with Gasteiger partial charge < -0.3 is 4.98 Å². The molecule has 0 aliphatic rings. The quantitative estimate of drug-likeness (QED) is 0.514. The standard InChI is InChI=1S/C20H16N6/c1-11-9-22-19(10-21-11)20-25-16-6-4-14(8-18(16)26-20)13-3-5-15-17(7-13)24-12(2)23-15/h3-10H,1-2H3,(H,23,24)(H,25,26)/p+1. The third-order valence-electron chi connectivity index (χ3n) is 4.51. The van der Waals surface area contributed by atoms with E-state index in [0.717, 1.165) is 56.2 Å². The predicted octanol–water partition coefficient (Wildman–Crippen LogP) is 3.60. The number of nitrogens with zero attached hydrogens (tertiary/aromatic N) is 3. The van der Waals surface area contributed by atoms with Crippen molar-refractivity contribution < 1.29 is 4.98 Å². The average molecular weight is 341 g/mol. The number of aromatic nitrogens is 6. The number of imidazole rings is 2. The Morgan fingerprint density at radius 1 is 0.846 bits per heavy atom. The summed E-state index contributed by atoms with van der Waals surface area (Å²) in [5.41, 5.74) is 8.08. The van der Waals surface area contributed by atoms with E-state index in [4.69, 9.17) is 0 Å². The molecule has 0 bridgehead atoms. The molecule has 2 aromatic carbocycles. The second-order valence-corrected chi connectivity index (χ2v) is 6.48. The van der Waals surface area contributed by atoms with Crippen molar-refractivity contribution in [1.82, 2.24) is 24.9 Å². The first-order valence-electron chi connectivity index (χ1n) is 8.46. The molecule has 0 unspecified atom stereocenters. The lowest BCUT2D eigenvalue weighted by Crippen LogP contribution is -2.04. The van der Waals surface area contributed by atoms with Crippen LogP contribution in [0.1, 0.15) is 11.5 Å². The van der Waals surface area contributed by atoms with E-state index in [2.05, 4.69) is 60.2 Å². The van der Waals surface area contributed by atoms with Gasteiger partial charge in [0.2, 0.25) is 0 Å². The van der Waals surface area contributed by atoms with Gasteiger partial charge in [0.05, 0.1) is 22.9 Å². The van der Waals surface area contributed by atoms with Gasteiger partial charge in [0.1, 0.15) is 5.82 Å². The average Bonchev–Trinajstić information content (AvgIpc) is 3.23. The zero-order valence-corrected chi connectivity index (χ0v) is 14.5. The number of aryl methyl sites for hydroxylation is 2. The summed E-state index contributed by atoms with van der Waals surface area (Å²) in [5.74, 6) is 1.78. The van der Waals surface area contributed by atoms with Gasteiger partial charge >= 0.3 is 5.82 Å². The zero-order valence-electron chi connectivity index (χ0n) is 14.5. The van der Waals surface area contributed by atoms with Crippen LogP contribution < -0.4 is 4.98 Å². The van der Waals surface area contributed by atoms with Crippen molar-refractivity contribution in [2.45, 2.75) is 13.8 Å². The molecule has 126 valence electrons. The summed E-state index contributed by atoms with van der Waals surface area (Å²) in [6.07, 6.45) is 3.54. The summed E-state index contributed by atoms with van der Waals surface area (Å²) in [4.78, 5) is 23.3. The maximum Gasteiger partial charge on any atom is 0.305 e. The van der Waals surface area contributed by atoms with Crippen molar-refractivity contribution in [3.05, 3.63) is 60.3 Å².